The van der Waals surface area contributed by atoms with E-state index in [2.05, 4.69) is 40.6 Å². The van der Waals surface area contributed by atoms with Crippen molar-refractivity contribution in [3.63, 3.8) is 0 Å². The lowest BCUT2D eigenvalue weighted by Crippen LogP contribution is -2.56. The van der Waals surface area contributed by atoms with Crippen LogP contribution in [0.5, 0.6) is 0 Å². The molecule has 29 heteroatoms. The number of piperidine rings is 1. The van der Waals surface area contributed by atoms with Crippen LogP contribution < -0.4 is 72.9 Å². The lowest BCUT2D eigenvalue weighted by molar-refractivity contribution is -0.148. The summed E-state index contributed by atoms with van der Waals surface area (Å²) in [5, 5.41) is 5.74. The number of guanidine groups is 4. The quantitative estimate of drug-likeness (QED) is 0.0169. The number of unbranched alkanes of at least 4 members (excludes halogenated alkanes) is 3. The smallest absolute Gasteiger partial charge is 0.242 e. The van der Waals surface area contributed by atoms with Crippen LogP contribution in [-0.2, 0) is 28.8 Å². The van der Waals surface area contributed by atoms with Gasteiger partial charge in [-0.25, -0.2) is 9.97 Å². The van der Waals surface area contributed by atoms with Crippen LogP contribution in [0.1, 0.15) is 70.6 Å². The van der Waals surface area contributed by atoms with E-state index in [4.69, 9.17) is 57.3 Å². The van der Waals surface area contributed by atoms with Crippen LogP contribution in [0.15, 0.2) is 38.4 Å². The van der Waals surface area contributed by atoms with Gasteiger partial charge in [0, 0.05) is 77.3 Å². The van der Waals surface area contributed by atoms with E-state index >= 15 is 0 Å². The number of rotatable bonds is 36. The summed E-state index contributed by atoms with van der Waals surface area (Å²) in [6.45, 7) is 0.852. The van der Waals surface area contributed by atoms with Gasteiger partial charge in [0.1, 0.15) is 12.6 Å². The zero-order chi connectivity index (χ0) is 53.3. The summed E-state index contributed by atoms with van der Waals surface area (Å²) in [5.74, 6) is -3.66. The third kappa shape index (κ3) is 26.1. The van der Waals surface area contributed by atoms with E-state index in [-0.39, 0.29) is 108 Å². The number of carbonyl (C=O) groups excluding carboxylic acids is 6. The number of aliphatic imine (C=N–C) groups is 4. The predicted octanol–water partition coefficient (Wildman–Crippen LogP) is -6.12. The predicted molar refractivity (Wildman–Crippen MR) is 276 cm³/mol. The van der Waals surface area contributed by atoms with Gasteiger partial charge in [0.05, 0.1) is 26.2 Å². The third-order valence-electron chi connectivity index (χ3n) is 11.3. The van der Waals surface area contributed by atoms with Crippen molar-refractivity contribution in [2.45, 2.75) is 82.7 Å². The molecule has 404 valence electrons. The maximum absolute atomic E-state index is 14.8. The number of nitrogens with two attached hydrogens (primary N) is 10. The van der Waals surface area contributed by atoms with Gasteiger partial charge in [-0.15, -0.1) is 0 Å². The molecule has 1 aliphatic heterocycles. The molecule has 2 rings (SSSR count). The topological polar surface area (TPSA) is 478 Å². The molecule has 29 nitrogen and oxygen atoms in total. The third-order valence-corrected chi connectivity index (χ3v) is 11.3. The van der Waals surface area contributed by atoms with E-state index in [0.717, 1.165) is 25.7 Å². The first-order valence-corrected chi connectivity index (χ1v) is 24.3. The Bertz CT molecular complexity index is 1930. The zero-order valence-electron chi connectivity index (χ0n) is 41.6. The standard InChI is InChI=1S/C43H81N23O6/c44-13-3-1-2-4-14-54-26-34(68)64(22-8-19-57-41(50)51)28-35(69)65(23-9-20-58-42(52)53)29-37(71)66(31-11-24-62(25-12-31)43-59-16-6-17-60-43)30-36(70)63(21-7-18-56-40(48)49)27-33(67)61-32(38(45)72)10-5-15-55-39(46)47/h6,16-17,31-32,54H,1-5,7-15,18-30,44H2,(H2,45,72)(H,61,67)(H4,46,47,55)(H4,48,49,56)(H4,50,51,57)(H4,52,53,58)/t32-/m1/s1. The summed E-state index contributed by atoms with van der Waals surface area (Å²) in [4.78, 5) is 115. The second-order valence-corrected chi connectivity index (χ2v) is 17.1. The molecular weight excluding hydrogens is 935 g/mol. The van der Waals surface area contributed by atoms with Gasteiger partial charge in [0.25, 0.3) is 0 Å². The second-order valence-electron chi connectivity index (χ2n) is 17.1. The minimum absolute atomic E-state index is 0.00802. The molecule has 72 heavy (non-hydrogen) atoms. The number of primary amides is 1. The van der Waals surface area contributed by atoms with E-state index in [1.54, 1.807) is 18.5 Å². The summed E-state index contributed by atoms with van der Waals surface area (Å²) in [6, 6.07) is 0.0807. The molecule has 22 N–H and O–H groups in total. The largest absolute Gasteiger partial charge is 0.370 e. The van der Waals surface area contributed by atoms with Crippen molar-refractivity contribution in [1.82, 2.24) is 40.2 Å². The first-order valence-electron chi connectivity index (χ1n) is 24.3. The van der Waals surface area contributed by atoms with E-state index in [9.17, 15) is 28.8 Å². The molecule has 2 heterocycles. The van der Waals surface area contributed by atoms with Gasteiger partial charge >= 0.3 is 0 Å². The molecule has 1 atom stereocenters. The lowest BCUT2D eigenvalue weighted by Gasteiger charge is -2.40. The molecule has 0 radical (unpaired) electrons. The van der Waals surface area contributed by atoms with Gasteiger partial charge in [0.2, 0.25) is 41.4 Å². The van der Waals surface area contributed by atoms with Gasteiger partial charge < -0.3 is 92.5 Å². The average Bonchev–Trinajstić information content (AvgIpc) is 3.33. The Kier molecular flexibility index (Phi) is 29.5. The fourth-order valence-corrected chi connectivity index (χ4v) is 7.56. The summed E-state index contributed by atoms with van der Waals surface area (Å²) in [5.41, 5.74) is 55.3. The highest BCUT2D eigenvalue weighted by atomic mass is 16.2. The maximum Gasteiger partial charge on any atom is 0.242 e. The van der Waals surface area contributed by atoms with Crippen LogP contribution in [0.25, 0.3) is 0 Å². The molecule has 0 unspecified atom stereocenters. The van der Waals surface area contributed by atoms with Crippen LogP contribution in [0, 0.1) is 0 Å². The van der Waals surface area contributed by atoms with Crippen LogP contribution in [0.4, 0.5) is 5.95 Å². The van der Waals surface area contributed by atoms with Gasteiger partial charge in [-0.05, 0) is 76.9 Å². The van der Waals surface area contributed by atoms with E-state index in [0.29, 0.717) is 57.8 Å². The first kappa shape index (κ1) is 60.8. The number of anilines is 1. The minimum atomic E-state index is -1.10. The van der Waals surface area contributed by atoms with Crippen molar-refractivity contribution in [2.24, 2.45) is 77.3 Å². The molecular formula is C43H81N23O6. The number of nitrogens with one attached hydrogen (secondary N) is 2. The fraction of sp³-hybridized carbons (Fsp3) is 0.674. The number of nitrogens with zero attached hydrogens (tertiary/aromatic N) is 11. The van der Waals surface area contributed by atoms with Gasteiger partial charge in [0.15, 0.2) is 23.8 Å². The molecule has 1 aromatic heterocycles. The molecule has 1 saturated heterocycles. The Morgan fingerprint density at radius 3 is 1.58 bits per heavy atom. The summed E-state index contributed by atoms with van der Waals surface area (Å²) in [6.07, 6.45) is 8.93. The molecule has 0 bridgehead atoms. The summed E-state index contributed by atoms with van der Waals surface area (Å²) >= 11 is 0. The highest BCUT2D eigenvalue weighted by molar-refractivity contribution is 5.93. The van der Waals surface area contributed by atoms with E-state index in [1.807, 2.05) is 4.90 Å². The Hall–Kier alpha value is -7.30. The second kappa shape index (κ2) is 34.9. The number of hydrogen-bond acceptors (Lipinski definition) is 15. The Morgan fingerprint density at radius 2 is 1.07 bits per heavy atom. The lowest BCUT2D eigenvalue weighted by atomic mass is 10.0. The van der Waals surface area contributed by atoms with Crippen molar-refractivity contribution >= 4 is 65.2 Å². The molecule has 0 aromatic carbocycles. The van der Waals surface area contributed by atoms with Gasteiger partial charge in [-0.1, -0.05) is 12.8 Å². The van der Waals surface area contributed by atoms with Crippen molar-refractivity contribution in [2.75, 3.05) is 110 Å². The van der Waals surface area contributed by atoms with Crippen molar-refractivity contribution in [3.8, 4) is 0 Å². The molecule has 1 aliphatic rings. The van der Waals surface area contributed by atoms with Crippen LogP contribution in [0.2, 0.25) is 0 Å². The molecule has 0 saturated carbocycles. The van der Waals surface area contributed by atoms with Crippen molar-refractivity contribution in [1.29, 1.82) is 0 Å². The first-order chi connectivity index (χ1) is 34.4. The number of amides is 6. The molecule has 1 aromatic rings. The summed E-state index contributed by atoms with van der Waals surface area (Å²) < 4.78 is 0. The molecule has 1 fully saturated rings. The number of hydrogen-bond donors (Lipinski definition) is 12. The Balaban J connectivity index is 2.49. The zero-order valence-corrected chi connectivity index (χ0v) is 41.6. The van der Waals surface area contributed by atoms with Crippen molar-refractivity contribution in [3.05, 3.63) is 18.5 Å². The average molecular weight is 1020 g/mol. The highest BCUT2D eigenvalue weighted by Gasteiger charge is 2.34. The highest BCUT2D eigenvalue weighted by Crippen LogP contribution is 2.21. The Labute approximate surface area is 421 Å². The van der Waals surface area contributed by atoms with Crippen LogP contribution in [0.3, 0.4) is 0 Å². The summed E-state index contributed by atoms with van der Waals surface area (Å²) in [7, 11) is 0. The van der Waals surface area contributed by atoms with Crippen molar-refractivity contribution < 1.29 is 28.8 Å². The SMILES string of the molecule is NCCCCCCNCC(=O)N(CCCN=C(N)N)CC(=O)N(CCCN=C(N)N)CC(=O)N(CC(=O)N(CCCN=C(N)N)CC(=O)N[C@H](CCCN=C(N)N)C(N)=O)C1CCN(c2ncccn2)CC1. The van der Waals surface area contributed by atoms with E-state index < -0.39 is 61.3 Å². The minimum Gasteiger partial charge on any atom is -0.370 e. The fourth-order valence-electron chi connectivity index (χ4n) is 7.56. The molecule has 6 amide bonds. The normalized spacial score (nSPS) is 12.7. The van der Waals surface area contributed by atoms with Crippen LogP contribution in [-0.4, -0.2) is 206 Å². The monoisotopic (exact) mass is 1020 g/mol. The molecule has 0 aliphatic carbocycles. The molecule has 0 spiro atoms. The maximum atomic E-state index is 14.8. The van der Waals surface area contributed by atoms with Gasteiger partial charge in [-0.3, -0.25) is 48.7 Å². The number of carbonyl (C=O) groups is 6. The number of aromatic nitrogens is 2. The van der Waals surface area contributed by atoms with Crippen LogP contribution >= 0.6 is 0 Å². The van der Waals surface area contributed by atoms with E-state index in [1.165, 1.54) is 19.6 Å². The Morgan fingerprint density at radius 1 is 0.597 bits per heavy atom. The van der Waals surface area contributed by atoms with Gasteiger partial charge in [-0.2, -0.15) is 0 Å².